The SMILES string of the molecule is CN(C)C(=O)c1ccc(CNC(=O)c2n[nH]c3c2CNCC3)cc1. The van der Waals surface area contributed by atoms with E-state index in [0.717, 1.165) is 29.8 Å². The highest BCUT2D eigenvalue weighted by atomic mass is 16.2. The molecule has 7 nitrogen and oxygen atoms in total. The molecule has 0 aliphatic carbocycles. The average molecular weight is 327 g/mol. The van der Waals surface area contributed by atoms with E-state index >= 15 is 0 Å². The summed E-state index contributed by atoms with van der Waals surface area (Å²) in [5, 5.41) is 13.2. The summed E-state index contributed by atoms with van der Waals surface area (Å²) in [6.45, 7) is 1.95. The van der Waals surface area contributed by atoms with Gasteiger partial charge in [0.2, 0.25) is 0 Å². The highest BCUT2D eigenvalue weighted by Gasteiger charge is 2.21. The Bertz CT molecular complexity index is 749. The molecule has 24 heavy (non-hydrogen) atoms. The lowest BCUT2D eigenvalue weighted by atomic mass is 10.1. The van der Waals surface area contributed by atoms with Crippen LogP contribution < -0.4 is 10.6 Å². The van der Waals surface area contributed by atoms with Crippen molar-refractivity contribution >= 4 is 11.8 Å². The molecule has 1 aliphatic rings. The Morgan fingerprint density at radius 2 is 2.00 bits per heavy atom. The van der Waals surface area contributed by atoms with Gasteiger partial charge in [0.1, 0.15) is 0 Å². The van der Waals surface area contributed by atoms with Crippen LogP contribution in [0.25, 0.3) is 0 Å². The van der Waals surface area contributed by atoms with Crippen LogP contribution in [0.2, 0.25) is 0 Å². The van der Waals surface area contributed by atoms with E-state index in [0.29, 0.717) is 24.3 Å². The van der Waals surface area contributed by atoms with Gasteiger partial charge in [-0.1, -0.05) is 12.1 Å². The Kier molecular flexibility index (Phi) is 4.61. The third-order valence-electron chi connectivity index (χ3n) is 4.08. The molecule has 0 saturated carbocycles. The van der Waals surface area contributed by atoms with E-state index in [-0.39, 0.29) is 11.8 Å². The summed E-state index contributed by atoms with van der Waals surface area (Å²) in [4.78, 5) is 25.7. The molecule has 0 atom stereocenters. The number of nitrogens with one attached hydrogen (secondary N) is 3. The van der Waals surface area contributed by atoms with Crippen molar-refractivity contribution in [3.63, 3.8) is 0 Å². The number of nitrogens with zero attached hydrogens (tertiary/aromatic N) is 2. The smallest absolute Gasteiger partial charge is 0.272 e. The highest BCUT2D eigenvalue weighted by molar-refractivity contribution is 5.94. The Morgan fingerprint density at radius 1 is 1.25 bits per heavy atom. The van der Waals surface area contributed by atoms with Crippen molar-refractivity contribution in [2.75, 3.05) is 20.6 Å². The van der Waals surface area contributed by atoms with Gasteiger partial charge < -0.3 is 15.5 Å². The van der Waals surface area contributed by atoms with Crippen LogP contribution in [0, 0.1) is 0 Å². The first-order chi connectivity index (χ1) is 11.6. The molecule has 1 aromatic heterocycles. The fraction of sp³-hybridized carbons (Fsp3) is 0.353. The number of amides is 2. The van der Waals surface area contributed by atoms with Gasteiger partial charge in [0.25, 0.3) is 11.8 Å². The third kappa shape index (κ3) is 3.30. The minimum Gasteiger partial charge on any atom is -0.347 e. The van der Waals surface area contributed by atoms with Gasteiger partial charge in [-0.2, -0.15) is 5.10 Å². The van der Waals surface area contributed by atoms with Crippen molar-refractivity contribution in [1.82, 2.24) is 25.7 Å². The predicted octanol–water partition coefficient (Wildman–Crippen LogP) is 0.687. The minimum absolute atomic E-state index is 0.0405. The average Bonchev–Trinajstić information content (AvgIpc) is 3.03. The first kappa shape index (κ1) is 16.2. The van der Waals surface area contributed by atoms with E-state index in [1.54, 1.807) is 26.2 Å². The number of hydrogen-bond acceptors (Lipinski definition) is 4. The van der Waals surface area contributed by atoms with Gasteiger partial charge in [-0.15, -0.1) is 0 Å². The molecule has 0 spiro atoms. The van der Waals surface area contributed by atoms with Gasteiger partial charge in [-0.05, 0) is 17.7 Å². The lowest BCUT2D eigenvalue weighted by Crippen LogP contribution is -2.28. The summed E-state index contributed by atoms with van der Waals surface area (Å²) in [5.74, 6) is -0.231. The lowest BCUT2D eigenvalue weighted by molar-refractivity contribution is 0.0827. The molecule has 1 aromatic carbocycles. The van der Waals surface area contributed by atoms with Crippen LogP contribution in [-0.4, -0.2) is 47.6 Å². The second-order valence-corrected chi connectivity index (χ2v) is 6.04. The fourth-order valence-corrected chi connectivity index (χ4v) is 2.70. The van der Waals surface area contributed by atoms with Gasteiger partial charge >= 0.3 is 0 Å². The maximum absolute atomic E-state index is 12.3. The molecule has 2 amide bonds. The summed E-state index contributed by atoms with van der Waals surface area (Å²) in [7, 11) is 3.44. The van der Waals surface area contributed by atoms with Gasteiger partial charge in [0.15, 0.2) is 5.69 Å². The van der Waals surface area contributed by atoms with Crippen LogP contribution in [0.3, 0.4) is 0 Å². The van der Waals surface area contributed by atoms with Crippen LogP contribution >= 0.6 is 0 Å². The van der Waals surface area contributed by atoms with Crippen molar-refractivity contribution in [2.45, 2.75) is 19.5 Å². The molecule has 0 radical (unpaired) electrons. The number of carbonyl (C=O) groups excluding carboxylic acids is 2. The summed E-state index contributed by atoms with van der Waals surface area (Å²) >= 11 is 0. The number of aromatic nitrogens is 2. The molecule has 3 rings (SSSR count). The van der Waals surface area contributed by atoms with Crippen LogP contribution in [0.5, 0.6) is 0 Å². The fourth-order valence-electron chi connectivity index (χ4n) is 2.70. The molecule has 0 unspecified atom stereocenters. The molecule has 2 aromatic rings. The van der Waals surface area contributed by atoms with Gasteiger partial charge in [0, 0.05) is 57.0 Å². The topological polar surface area (TPSA) is 90.1 Å². The molecule has 0 saturated heterocycles. The monoisotopic (exact) mass is 327 g/mol. The van der Waals surface area contributed by atoms with E-state index < -0.39 is 0 Å². The largest absolute Gasteiger partial charge is 0.347 e. The van der Waals surface area contributed by atoms with Gasteiger partial charge in [0.05, 0.1) is 0 Å². The highest BCUT2D eigenvalue weighted by Crippen LogP contribution is 2.15. The number of hydrogen-bond donors (Lipinski definition) is 3. The molecule has 1 aliphatic heterocycles. The number of fused-ring (bicyclic) bond motifs is 1. The number of aromatic amines is 1. The zero-order valence-corrected chi connectivity index (χ0v) is 13.8. The Balaban J connectivity index is 1.62. The number of rotatable bonds is 4. The standard InChI is InChI=1S/C17H21N5O2/c1-22(2)17(24)12-5-3-11(4-6-12)9-19-16(23)15-13-10-18-8-7-14(13)20-21-15/h3-6,18H,7-10H2,1-2H3,(H,19,23)(H,20,21). The Hall–Kier alpha value is -2.67. The van der Waals surface area contributed by atoms with Crippen LogP contribution in [-0.2, 0) is 19.5 Å². The summed E-state index contributed by atoms with van der Waals surface area (Å²) in [6.07, 6.45) is 0.858. The Labute approximate surface area is 140 Å². The van der Waals surface area contributed by atoms with Crippen LogP contribution in [0.4, 0.5) is 0 Å². The van der Waals surface area contributed by atoms with Crippen molar-refractivity contribution in [1.29, 1.82) is 0 Å². The molecule has 0 fully saturated rings. The van der Waals surface area contributed by atoms with E-state index in [9.17, 15) is 9.59 Å². The first-order valence-corrected chi connectivity index (χ1v) is 7.92. The van der Waals surface area contributed by atoms with E-state index in [1.165, 1.54) is 4.90 Å². The number of benzene rings is 1. The van der Waals surface area contributed by atoms with Crippen molar-refractivity contribution in [3.05, 3.63) is 52.3 Å². The van der Waals surface area contributed by atoms with Crippen LogP contribution in [0.15, 0.2) is 24.3 Å². The maximum atomic E-state index is 12.3. The Morgan fingerprint density at radius 3 is 2.71 bits per heavy atom. The number of H-pyrrole nitrogens is 1. The first-order valence-electron chi connectivity index (χ1n) is 7.92. The van der Waals surface area contributed by atoms with E-state index in [2.05, 4.69) is 20.8 Å². The number of carbonyl (C=O) groups is 2. The molecule has 126 valence electrons. The quantitative estimate of drug-likeness (QED) is 0.770. The maximum Gasteiger partial charge on any atom is 0.272 e. The summed E-state index contributed by atoms with van der Waals surface area (Å²) in [5.41, 5.74) is 4.00. The molecule has 3 N–H and O–H groups in total. The predicted molar refractivity (Wildman–Crippen MR) is 89.6 cm³/mol. The molecular formula is C17H21N5O2. The van der Waals surface area contributed by atoms with Crippen molar-refractivity contribution < 1.29 is 9.59 Å². The third-order valence-corrected chi connectivity index (χ3v) is 4.08. The second-order valence-electron chi connectivity index (χ2n) is 6.04. The molecule has 7 heteroatoms. The summed E-state index contributed by atoms with van der Waals surface area (Å²) in [6, 6.07) is 7.23. The van der Waals surface area contributed by atoms with E-state index in [1.807, 2.05) is 12.1 Å². The lowest BCUT2D eigenvalue weighted by Gasteiger charge is -2.13. The van der Waals surface area contributed by atoms with E-state index in [4.69, 9.17) is 0 Å². The van der Waals surface area contributed by atoms with Crippen LogP contribution in [0.1, 0.15) is 37.7 Å². The summed E-state index contributed by atoms with van der Waals surface area (Å²) < 4.78 is 0. The van der Waals surface area contributed by atoms with Crippen molar-refractivity contribution in [2.24, 2.45) is 0 Å². The normalized spacial score (nSPS) is 13.2. The molecule has 0 bridgehead atoms. The minimum atomic E-state index is -0.190. The van der Waals surface area contributed by atoms with Gasteiger partial charge in [-0.25, -0.2) is 0 Å². The van der Waals surface area contributed by atoms with Crippen molar-refractivity contribution in [3.8, 4) is 0 Å². The molecular weight excluding hydrogens is 306 g/mol. The zero-order chi connectivity index (χ0) is 17.1. The molecule has 2 heterocycles. The zero-order valence-electron chi connectivity index (χ0n) is 13.8. The second kappa shape index (κ2) is 6.84. The van der Waals surface area contributed by atoms with Gasteiger partial charge in [-0.3, -0.25) is 14.7 Å².